The first-order chi connectivity index (χ1) is 13.7. The lowest BCUT2D eigenvalue weighted by atomic mass is 9.76. The lowest BCUT2D eigenvalue weighted by molar-refractivity contribution is -0.134. The van der Waals surface area contributed by atoms with E-state index >= 15 is 0 Å². The minimum atomic E-state index is -1.26. The van der Waals surface area contributed by atoms with Gasteiger partial charge in [0.1, 0.15) is 0 Å². The summed E-state index contributed by atoms with van der Waals surface area (Å²) >= 11 is 12.3. The van der Waals surface area contributed by atoms with Gasteiger partial charge in [-0.05, 0) is 62.4 Å². The molecule has 1 aliphatic heterocycles. The van der Waals surface area contributed by atoms with Crippen LogP contribution in [0, 0.1) is 11.8 Å². The molecule has 3 rings (SSSR count). The molecule has 1 aliphatic carbocycles. The minimum absolute atomic E-state index is 0.368. The predicted molar refractivity (Wildman–Crippen MR) is 113 cm³/mol. The van der Waals surface area contributed by atoms with Gasteiger partial charge >= 0.3 is 11.9 Å². The number of piperidine rings is 1. The predicted octanol–water partition coefficient (Wildman–Crippen LogP) is 4.17. The van der Waals surface area contributed by atoms with Crippen molar-refractivity contribution in [2.24, 2.45) is 11.8 Å². The number of carboxylic acid groups (broad SMARTS) is 2. The highest BCUT2D eigenvalue weighted by Crippen LogP contribution is 2.45. The molecule has 0 aromatic heterocycles. The summed E-state index contributed by atoms with van der Waals surface area (Å²) in [7, 11) is 4.07. The molecule has 0 amide bonds. The molecule has 8 heteroatoms. The van der Waals surface area contributed by atoms with Gasteiger partial charge in [-0.2, -0.15) is 0 Å². The number of rotatable bonds is 6. The van der Waals surface area contributed by atoms with Crippen LogP contribution < -0.4 is 0 Å². The monoisotopic (exact) mass is 443 g/mol. The van der Waals surface area contributed by atoms with Crippen LogP contribution in [-0.4, -0.2) is 60.4 Å². The highest BCUT2D eigenvalue weighted by Gasteiger charge is 2.42. The Morgan fingerprint density at radius 2 is 1.76 bits per heavy atom. The molecule has 2 N–H and O–H groups in total. The number of carboxylic acids is 2. The molecule has 29 heavy (non-hydrogen) atoms. The molecule has 1 saturated carbocycles. The average Bonchev–Trinajstić information content (AvgIpc) is 3.49. The molecule has 3 atom stereocenters. The van der Waals surface area contributed by atoms with Crippen LogP contribution in [0.25, 0.3) is 0 Å². The average molecular weight is 444 g/mol. The van der Waals surface area contributed by atoms with Crippen LogP contribution in [0.15, 0.2) is 30.4 Å². The molecular weight excluding hydrogens is 417 g/mol. The summed E-state index contributed by atoms with van der Waals surface area (Å²) in [6.45, 7) is 2.22. The normalized spacial score (nSPS) is 23.3. The van der Waals surface area contributed by atoms with E-state index in [1.54, 1.807) is 0 Å². The van der Waals surface area contributed by atoms with Crippen molar-refractivity contribution in [3.05, 3.63) is 46.0 Å². The van der Waals surface area contributed by atoms with E-state index in [0.29, 0.717) is 40.1 Å². The molecule has 1 heterocycles. The van der Waals surface area contributed by atoms with Crippen molar-refractivity contribution < 1.29 is 24.5 Å². The quantitative estimate of drug-likeness (QED) is 0.641. The highest BCUT2D eigenvalue weighted by atomic mass is 35.5. The standard InChI is InChI=1S/C17H23Cl2NO.C4H4O4/c1-20-8-7-13(12-5-6-15(18)16(19)9-12)14(10-20)17(21-2)11-3-4-11;5-3(6)1-2-4(7)8/h5-6,9,11,13-14,17H,3-4,7-8,10H2,1-2H3;1-2H,(H,5,6)(H,7,8)/b;2-1+/t13-,14-,17?;/m0./s1. The van der Waals surface area contributed by atoms with Crippen LogP contribution in [0.5, 0.6) is 0 Å². The molecule has 0 radical (unpaired) electrons. The van der Waals surface area contributed by atoms with Gasteiger partial charge in [0.2, 0.25) is 0 Å². The smallest absolute Gasteiger partial charge is 0.328 e. The molecule has 1 aromatic carbocycles. The fourth-order valence-corrected chi connectivity index (χ4v) is 4.23. The lowest BCUT2D eigenvalue weighted by Crippen LogP contribution is -2.44. The first-order valence-corrected chi connectivity index (χ1v) is 10.3. The van der Waals surface area contributed by atoms with Gasteiger partial charge in [0, 0.05) is 31.7 Å². The molecule has 1 aromatic rings. The van der Waals surface area contributed by atoms with Crippen LogP contribution in [0.2, 0.25) is 10.0 Å². The summed E-state index contributed by atoms with van der Waals surface area (Å²) in [6, 6.07) is 6.11. The molecule has 2 fully saturated rings. The maximum absolute atomic E-state index is 9.55. The number of ether oxygens (including phenoxy) is 1. The lowest BCUT2D eigenvalue weighted by Gasteiger charge is -2.41. The molecule has 1 unspecified atom stereocenters. The molecular formula is C21H27Cl2NO5. The van der Waals surface area contributed by atoms with Crippen molar-refractivity contribution >= 4 is 35.1 Å². The first-order valence-electron chi connectivity index (χ1n) is 9.53. The van der Waals surface area contributed by atoms with Crippen molar-refractivity contribution in [1.82, 2.24) is 4.90 Å². The zero-order valence-electron chi connectivity index (χ0n) is 16.6. The number of methoxy groups -OCH3 is 1. The molecule has 0 spiro atoms. The Kier molecular flexibility index (Phi) is 8.96. The summed E-state index contributed by atoms with van der Waals surface area (Å²) in [4.78, 5) is 21.5. The van der Waals surface area contributed by atoms with Crippen LogP contribution in [0.3, 0.4) is 0 Å². The van der Waals surface area contributed by atoms with Crippen molar-refractivity contribution in [3.8, 4) is 0 Å². The summed E-state index contributed by atoms with van der Waals surface area (Å²) in [5, 5.41) is 16.9. The molecule has 6 nitrogen and oxygen atoms in total. The van der Waals surface area contributed by atoms with Crippen molar-refractivity contribution in [2.45, 2.75) is 31.3 Å². The van der Waals surface area contributed by atoms with E-state index in [4.69, 9.17) is 38.2 Å². The molecule has 1 saturated heterocycles. The van der Waals surface area contributed by atoms with Crippen LogP contribution >= 0.6 is 23.2 Å². The number of carbonyl (C=O) groups is 2. The third-order valence-electron chi connectivity index (χ3n) is 5.38. The third-order valence-corrected chi connectivity index (χ3v) is 6.12. The van der Waals surface area contributed by atoms with Crippen molar-refractivity contribution in [2.75, 3.05) is 27.2 Å². The van der Waals surface area contributed by atoms with E-state index in [0.717, 1.165) is 25.4 Å². The first kappa shape index (κ1) is 23.7. The number of halogens is 2. The van der Waals surface area contributed by atoms with E-state index in [1.807, 2.05) is 19.2 Å². The van der Waals surface area contributed by atoms with E-state index in [-0.39, 0.29) is 0 Å². The summed E-state index contributed by atoms with van der Waals surface area (Å²) in [5.74, 6) is -0.711. The van der Waals surface area contributed by atoms with Crippen LogP contribution in [-0.2, 0) is 14.3 Å². The van der Waals surface area contributed by atoms with Gasteiger partial charge in [-0.15, -0.1) is 0 Å². The second kappa shape index (κ2) is 11.0. The second-order valence-electron chi connectivity index (χ2n) is 7.54. The Morgan fingerprint density at radius 1 is 1.14 bits per heavy atom. The maximum Gasteiger partial charge on any atom is 0.328 e. The SMILES string of the molecule is COC(C1CC1)[C@H]1CN(C)CC[C@H]1c1ccc(Cl)c(Cl)c1.O=C(O)/C=C/C(=O)O. The largest absolute Gasteiger partial charge is 0.478 e. The second-order valence-corrected chi connectivity index (χ2v) is 8.36. The summed E-state index contributed by atoms with van der Waals surface area (Å²) in [6.07, 6.45) is 5.27. The van der Waals surface area contributed by atoms with Crippen molar-refractivity contribution in [1.29, 1.82) is 0 Å². The fourth-order valence-electron chi connectivity index (χ4n) is 3.93. The van der Waals surface area contributed by atoms with Gasteiger partial charge in [0.15, 0.2) is 0 Å². The number of hydrogen-bond donors (Lipinski definition) is 2. The van der Waals surface area contributed by atoms with Crippen molar-refractivity contribution in [3.63, 3.8) is 0 Å². The maximum atomic E-state index is 9.55. The van der Waals surface area contributed by atoms with E-state index in [2.05, 4.69) is 18.0 Å². The number of likely N-dealkylation sites (tertiary alicyclic amines) is 1. The Bertz CT molecular complexity index is 735. The molecule has 0 bridgehead atoms. The van der Waals surface area contributed by atoms with E-state index in [9.17, 15) is 9.59 Å². The number of nitrogens with zero attached hydrogens (tertiary/aromatic N) is 1. The summed E-state index contributed by atoms with van der Waals surface area (Å²) < 4.78 is 5.88. The number of hydrogen-bond acceptors (Lipinski definition) is 4. The van der Waals surface area contributed by atoms with Gasteiger partial charge in [0.25, 0.3) is 0 Å². The fraction of sp³-hybridized carbons (Fsp3) is 0.524. The van der Waals surface area contributed by atoms with Gasteiger partial charge in [-0.1, -0.05) is 29.3 Å². The van der Waals surface area contributed by atoms with E-state index in [1.165, 1.54) is 18.4 Å². The Hall–Kier alpha value is -1.60. The van der Waals surface area contributed by atoms with Gasteiger partial charge < -0.3 is 19.8 Å². The number of benzene rings is 1. The Balaban J connectivity index is 0.000000321. The Labute approximate surface area is 181 Å². The zero-order chi connectivity index (χ0) is 21.6. The van der Waals surface area contributed by atoms with Crippen LogP contribution in [0.1, 0.15) is 30.7 Å². The molecule has 2 aliphatic rings. The summed E-state index contributed by atoms with van der Waals surface area (Å²) in [5.41, 5.74) is 1.31. The van der Waals surface area contributed by atoms with Gasteiger partial charge in [-0.3, -0.25) is 0 Å². The minimum Gasteiger partial charge on any atom is -0.478 e. The Morgan fingerprint density at radius 3 is 2.24 bits per heavy atom. The topological polar surface area (TPSA) is 87.1 Å². The van der Waals surface area contributed by atoms with Gasteiger partial charge in [0.05, 0.1) is 16.1 Å². The highest BCUT2D eigenvalue weighted by molar-refractivity contribution is 6.42. The zero-order valence-corrected chi connectivity index (χ0v) is 18.1. The number of aliphatic carboxylic acids is 2. The van der Waals surface area contributed by atoms with E-state index < -0.39 is 11.9 Å². The third kappa shape index (κ3) is 7.30. The van der Waals surface area contributed by atoms with Gasteiger partial charge in [-0.25, -0.2) is 9.59 Å². The van der Waals surface area contributed by atoms with Crippen LogP contribution in [0.4, 0.5) is 0 Å². The molecule has 160 valence electrons.